The highest BCUT2D eigenvalue weighted by Crippen LogP contribution is 2.62. The normalized spacial score (nSPS) is 23.6. The SMILES string of the molecule is COc1ccc(C)cc1[C@@]1(C(=O)O)C[C@H]1c1ccccc1. The molecule has 1 aliphatic carbocycles. The van der Waals surface area contributed by atoms with Gasteiger partial charge in [0.05, 0.1) is 7.11 Å². The van der Waals surface area contributed by atoms with Crippen LogP contribution in [-0.2, 0) is 10.2 Å². The van der Waals surface area contributed by atoms with Gasteiger partial charge in [-0.05, 0) is 25.0 Å². The van der Waals surface area contributed by atoms with Crippen molar-refractivity contribution in [1.29, 1.82) is 0 Å². The Kier molecular flexibility index (Phi) is 3.20. The third-order valence-corrected chi connectivity index (χ3v) is 4.38. The zero-order valence-corrected chi connectivity index (χ0v) is 12.2. The van der Waals surface area contributed by atoms with E-state index in [4.69, 9.17) is 4.74 Å². The van der Waals surface area contributed by atoms with Crippen molar-refractivity contribution in [1.82, 2.24) is 0 Å². The van der Waals surface area contributed by atoms with Crippen molar-refractivity contribution >= 4 is 5.97 Å². The highest BCUT2D eigenvalue weighted by atomic mass is 16.5. The minimum Gasteiger partial charge on any atom is -0.496 e. The first-order chi connectivity index (χ1) is 10.1. The van der Waals surface area contributed by atoms with E-state index >= 15 is 0 Å². The summed E-state index contributed by atoms with van der Waals surface area (Å²) >= 11 is 0. The average Bonchev–Trinajstić information content (AvgIpc) is 3.25. The van der Waals surface area contributed by atoms with Crippen molar-refractivity contribution in [2.45, 2.75) is 24.7 Å². The molecule has 0 saturated heterocycles. The number of hydrogen-bond donors (Lipinski definition) is 1. The Balaban J connectivity index is 2.10. The number of carbonyl (C=O) groups is 1. The van der Waals surface area contributed by atoms with Crippen LogP contribution in [0.5, 0.6) is 5.75 Å². The van der Waals surface area contributed by atoms with E-state index in [1.807, 2.05) is 55.5 Å². The lowest BCUT2D eigenvalue weighted by molar-refractivity contribution is -0.140. The highest BCUT2D eigenvalue weighted by molar-refractivity contribution is 5.89. The van der Waals surface area contributed by atoms with Crippen molar-refractivity contribution in [2.75, 3.05) is 7.11 Å². The highest BCUT2D eigenvalue weighted by Gasteiger charge is 2.63. The number of aryl methyl sites for hydroxylation is 1. The second-order valence-corrected chi connectivity index (χ2v) is 5.65. The Hall–Kier alpha value is -2.29. The van der Waals surface area contributed by atoms with Gasteiger partial charge in [-0.15, -0.1) is 0 Å². The predicted molar refractivity (Wildman–Crippen MR) is 80.8 cm³/mol. The van der Waals surface area contributed by atoms with E-state index in [2.05, 4.69) is 0 Å². The van der Waals surface area contributed by atoms with Crippen molar-refractivity contribution in [3.63, 3.8) is 0 Å². The van der Waals surface area contributed by atoms with E-state index in [-0.39, 0.29) is 5.92 Å². The van der Waals surface area contributed by atoms with Crippen LogP contribution in [0.4, 0.5) is 0 Å². The molecule has 1 saturated carbocycles. The van der Waals surface area contributed by atoms with Crippen LogP contribution in [0.25, 0.3) is 0 Å². The number of carboxylic acids is 1. The first-order valence-electron chi connectivity index (χ1n) is 7.03. The fourth-order valence-corrected chi connectivity index (χ4v) is 3.17. The number of benzene rings is 2. The summed E-state index contributed by atoms with van der Waals surface area (Å²) < 4.78 is 5.40. The molecule has 0 aliphatic heterocycles. The quantitative estimate of drug-likeness (QED) is 0.933. The molecule has 0 unspecified atom stereocenters. The van der Waals surface area contributed by atoms with Gasteiger partial charge >= 0.3 is 5.97 Å². The van der Waals surface area contributed by atoms with E-state index in [1.54, 1.807) is 7.11 Å². The van der Waals surface area contributed by atoms with Crippen LogP contribution in [0.3, 0.4) is 0 Å². The second-order valence-electron chi connectivity index (χ2n) is 5.65. The minimum absolute atomic E-state index is 0.00639. The molecule has 3 heteroatoms. The summed E-state index contributed by atoms with van der Waals surface area (Å²) in [6, 6.07) is 15.6. The van der Waals surface area contributed by atoms with Crippen LogP contribution >= 0.6 is 0 Å². The van der Waals surface area contributed by atoms with E-state index in [0.717, 1.165) is 16.7 Å². The zero-order valence-electron chi connectivity index (χ0n) is 12.2. The molecule has 2 aromatic carbocycles. The average molecular weight is 282 g/mol. The van der Waals surface area contributed by atoms with Crippen LogP contribution in [0.2, 0.25) is 0 Å². The van der Waals surface area contributed by atoms with Crippen molar-refractivity contribution in [3.05, 3.63) is 65.2 Å². The van der Waals surface area contributed by atoms with Gasteiger partial charge in [0.1, 0.15) is 11.2 Å². The summed E-state index contributed by atoms with van der Waals surface area (Å²) in [4.78, 5) is 12.0. The fraction of sp³-hybridized carbons (Fsp3) is 0.278. The smallest absolute Gasteiger partial charge is 0.314 e. The molecule has 0 bridgehead atoms. The largest absolute Gasteiger partial charge is 0.496 e. The molecule has 3 nitrogen and oxygen atoms in total. The van der Waals surface area contributed by atoms with Crippen LogP contribution in [0.15, 0.2) is 48.5 Å². The molecule has 108 valence electrons. The van der Waals surface area contributed by atoms with Gasteiger partial charge in [0.25, 0.3) is 0 Å². The lowest BCUT2D eigenvalue weighted by Crippen LogP contribution is -2.23. The first kappa shape index (κ1) is 13.7. The summed E-state index contributed by atoms with van der Waals surface area (Å²) in [6.07, 6.45) is 0.617. The van der Waals surface area contributed by atoms with Gasteiger partial charge < -0.3 is 9.84 Å². The second kappa shape index (κ2) is 4.92. The number of carboxylic acid groups (broad SMARTS) is 1. The maximum atomic E-state index is 12.0. The van der Waals surface area contributed by atoms with Crippen molar-refractivity contribution in [2.24, 2.45) is 0 Å². The Bertz CT molecular complexity index is 678. The van der Waals surface area contributed by atoms with Gasteiger partial charge in [-0.3, -0.25) is 4.79 Å². The summed E-state index contributed by atoms with van der Waals surface area (Å²) in [5.41, 5.74) is 2.04. The summed E-state index contributed by atoms with van der Waals surface area (Å²) in [5, 5.41) is 9.84. The number of rotatable bonds is 4. The number of aliphatic carboxylic acids is 1. The standard InChI is InChI=1S/C18H18O3/c1-12-8-9-16(21-2)14(10-12)18(17(19)20)11-15(18)13-6-4-3-5-7-13/h3-10,15H,11H2,1-2H3,(H,19,20)/t15-,18-/m0/s1. The van der Waals surface area contributed by atoms with Gasteiger partial charge in [0.15, 0.2) is 0 Å². The van der Waals surface area contributed by atoms with Crippen LogP contribution in [-0.4, -0.2) is 18.2 Å². The van der Waals surface area contributed by atoms with Crippen molar-refractivity contribution < 1.29 is 14.6 Å². The summed E-state index contributed by atoms with van der Waals surface area (Å²) in [7, 11) is 1.59. The topological polar surface area (TPSA) is 46.5 Å². The van der Waals surface area contributed by atoms with Crippen LogP contribution in [0, 0.1) is 6.92 Å². The van der Waals surface area contributed by atoms with E-state index < -0.39 is 11.4 Å². The minimum atomic E-state index is -0.862. The number of hydrogen-bond acceptors (Lipinski definition) is 2. The molecule has 3 rings (SSSR count). The molecule has 0 amide bonds. The van der Waals surface area contributed by atoms with E-state index in [9.17, 15) is 9.90 Å². The fourth-order valence-electron chi connectivity index (χ4n) is 3.17. The molecule has 0 radical (unpaired) electrons. The van der Waals surface area contributed by atoms with Gasteiger partial charge in [-0.1, -0.05) is 48.0 Å². The monoisotopic (exact) mass is 282 g/mol. The molecule has 0 spiro atoms. The Labute approximate surface area is 124 Å². The van der Waals surface area contributed by atoms with Gasteiger partial charge in [-0.2, -0.15) is 0 Å². The summed E-state index contributed by atoms with van der Waals surface area (Å²) in [5.74, 6) is -0.117. The first-order valence-corrected chi connectivity index (χ1v) is 7.03. The molecule has 1 fully saturated rings. The van der Waals surface area contributed by atoms with Crippen LogP contribution < -0.4 is 4.74 Å². The Morgan fingerprint density at radius 2 is 1.95 bits per heavy atom. The molecule has 1 N–H and O–H groups in total. The molecule has 0 heterocycles. The predicted octanol–water partition coefficient (Wildman–Crippen LogP) is 3.51. The van der Waals surface area contributed by atoms with E-state index in [1.165, 1.54) is 0 Å². The molecule has 0 aromatic heterocycles. The van der Waals surface area contributed by atoms with E-state index in [0.29, 0.717) is 12.2 Å². The maximum Gasteiger partial charge on any atom is 0.314 e. The molecule has 1 aliphatic rings. The zero-order chi connectivity index (χ0) is 15.0. The third-order valence-electron chi connectivity index (χ3n) is 4.38. The molecule has 2 aromatic rings. The number of ether oxygens (including phenoxy) is 1. The van der Waals surface area contributed by atoms with Gasteiger partial charge in [0.2, 0.25) is 0 Å². The van der Waals surface area contributed by atoms with Crippen LogP contribution in [0.1, 0.15) is 29.0 Å². The molecular weight excluding hydrogens is 264 g/mol. The maximum absolute atomic E-state index is 12.0. The summed E-state index contributed by atoms with van der Waals surface area (Å²) in [6.45, 7) is 1.97. The number of methoxy groups -OCH3 is 1. The van der Waals surface area contributed by atoms with Gasteiger partial charge in [-0.25, -0.2) is 0 Å². The lowest BCUT2D eigenvalue weighted by atomic mass is 9.89. The van der Waals surface area contributed by atoms with Gasteiger partial charge in [0, 0.05) is 11.5 Å². The lowest BCUT2D eigenvalue weighted by Gasteiger charge is -2.17. The third kappa shape index (κ3) is 2.09. The van der Waals surface area contributed by atoms with Crippen molar-refractivity contribution in [3.8, 4) is 5.75 Å². The Morgan fingerprint density at radius 1 is 1.24 bits per heavy atom. The molecule has 2 atom stereocenters. The molecule has 21 heavy (non-hydrogen) atoms. The Morgan fingerprint density at radius 3 is 2.57 bits per heavy atom. The molecular formula is C18H18O3.